The third kappa shape index (κ3) is 16.2. The molecule has 1 atom stereocenters. The third-order valence-electron chi connectivity index (χ3n) is 15.9. The van der Waals surface area contributed by atoms with Gasteiger partial charge < -0.3 is 4.89 Å². The lowest BCUT2D eigenvalue weighted by atomic mass is 9.74. The molecule has 2 aliphatic rings. The van der Waals surface area contributed by atoms with Gasteiger partial charge in [-0.25, -0.2) is 0 Å². The minimum atomic E-state index is -0.0788. The van der Waals surface area contributed by atoms with E-state index in [1.807, 2.05) is 12.4 Å². The molecule has 4 nitrogen and oxygen atoms in total. The summed E-state index contributed by atoms with van der Waals surface area (Å²) in [4.78, 5) is 22.0. The Kier molecular flexibility index (Phi) is 21.6. The summed E-state index contributed by atoms with van der Waals surface area (Å²) >= 11 is 0. The molecule has 0 heterocycles. The molecule has 8 rings (SSSR count). The van der Waals surface area contributed by atoms with Gasteiger partial charge in [-0.05, 0) is 144 Å². The molecule has 0 N–H and O–H groups in total. The summed E-state index contributed by atoms with van der Waals surface area (Å²) in [6.45, 7) is 4.94. The lowest BCUT2D eigenvalue weighted by molar-refractivity contribution is -0.218. The molecule has 0 saturated carbocycles. The van der Waals surface area contributed by atoms with Crippen molar-refractivity contribution < 1.29 is 9.78 Å². The molecular weight excluding hydrogens is 889 g/mol. The zero-order valence-electron chi connectivity index (χ0n) is 44.9. The van der Waals surface area contributed by atoms with Crippen molar-refractivity contribution in [1.82, 2.24) is 0 Å². The first kappa shape index (κ1) is 53.7. The lowest BCUT2D eigenvalue weighted by Crippen LogP contribution is -2.24. The van der Waals surface area contributed by atoms with Gasteiger partial charge in [0, 0.05) is 23.4 Å². The average Bonchev–Trinajstić information content (AvgIpc) is 4.01. The van der Waals surface area contributed by atoms with E-state index in [0.717, 1.165) is 78.8 Å². The van der Waals surface area contributed by atoms with Crippen LogP contribution < -0.4 is 4.89 Å². The molecule has 73 heavy (non-hydrogen) atoms. The lowest BCUT2D eigenvalue weighted by Gasteiger charge is -2.30. The second-order valence-corrected chi connectivity index (χ2v) is 21.5. The molecule has 4 heteroatoms. The van der Waals surface area contributed by atoms with Gasteiger partial charge in [0.25, 0.3) is 0 Å². The molecule has 0 bridgehead atoms. The predicted molar refractivity (Wildman–Crippen MR) is 310 cm³/mol. The summed E-state index contributed by atoms with van der Waals surface area (Å²) in [5.74, 6) is 0.850. The van der Waals surface area contributed by atoms with Crippen molar-refractivity contribution in [3.63, 3.8) is 0 Å². The Labute approximate surface area is 441 Å². The molecule has 1 spiro atoms. The number of nitrogens with zero attached hydrogens (tertiary/aromatic N) is 2. The SMILES string of the molecule is CCCCCCCCCCCCc1ccc(N=Cc2ccc(COOc3cccc4c3C3(CCc5cccc(Cc6ccc(C=Nc7ccc(CCCCCCCCCCCC)cc7)cc6)c53)CC4)cc2)cc1. The number of rotatable bonds is 32. The number of hydrogen-bond donors (Lipinski definition) is 0. The Bertz CT molecular complexity index is 2590. The van der Waals surface area contributed by atoms with Gasteiger partial charge in [0.15, 0.2) is 5.75 Å². The van der Waals surface area contributed by atoms with Crippen LogP contribution >= 0.6 is 0 Å². The predicted octanol–water partition coefficient (Wildman–Crippen LogP) is 19.4. The molecule has 0 radical (unpaired) electrons. The first-order valence-corrected chi connectivity index (χ1v) is 29.1. The Morgan fingerprint density at radius 1 is 0.425 bits per heavy atom. The molecule has 384 valence electrons. The van der Waals surface area contributed by atoms with E-state index in [2.05, 4.69) is 147 Å². The molecule has 6 aromatic carbocycles. The first-order valence-electron chi connectivity index (χ1n) is 29.1. The van der Waals surface area contributed by atoms with Crippen molar-refractivity contribution in [1.29, 1.82) is 0 Å². The summed E-state index contributed by atoms with van der Waals surface area (Å²) in [5, 5.41) is 0. The van der Waals surface area contributed by atoms with Gasteiger partial charge in [-0.2, -0.15) is 4.89 Å². The fourth-order valence-corrected chi connectivity index (χ4v) is 11.7. The van der Waals surface area contributed by atoms with Crippen molar-refractivity contribution in [2.45, 2.75) is 199 Å². The fraction of sp³-hybridized carbons (Fsp3) is 0.449. The zero-order chi connectivity index (χ0) is 50.2. The topological polar surface area (TPSA) is 43.2 Å². The molecule has 6 aromatic rings. The van der Waals surface area contributed by atoms with E-state index < -0.39 is 0 Å². The van der Waals surface area contributed by atoms with Crippen LogP contribution in [0.5, 0.6) is 5.75 Å². The van der Waals surface area contributed by atoms with Gasteiger partial charge in [0.05, 0.1) is 11.4 Å². The van der Waals surface area contributed by atoms with Gasteiger partial charge in [-0.1, -0.05) is 233 Å². The quantitative estimate of drug-likeness (QED) is 0.0183. The fourth-order valence-electron chi connectivity index (χ4n) is 11.7. The zero-order valence-corrected chi connectivity index (χ0v) is 44.9. The molecule has 0 saturated heterocycles. The molecule has 1 unspecified atom stereocenters. The van der Waals surface area contributed by atoms with E-state index in [1.165, 1.54) is 173 Å². The summed E-state index contributed by atoms with van der Waals surface area (Å²) in [7, 11) is 0. The van der Waals surface area contributed by atoms with Crippen LogP contribution in [0.2, 0.25) is 0 Å². The van der Waals surface area contributed by atoms with Gasteiger partial charge in [0.2, 0.25) is 0 Å². The van der Waals surface area contributed by atoms with Crippen molar-refractivity contribution in [3.05, 3.63) is 195 Å². The second kappa shape index (κ2) is 29.3. The van der Waals surface area contributed by atoms with E-state index in [-0.39, 0.29) is 5.41 Å². The third-order valence-corrected chi connectivity index (χ3v) is 15.9. The molecule has 2 aliphatic carbocycles. The Morgan fingerprint density at radius 2 is 0.849 bits per heavy atom. The van der Waals surface area contributed by atoms with Crippen LogP contribution in [-0.2, 0) is 49.0 Å². The van der Waals surface area contributed by atoms with Gasteiger partial charge in [-0.3, -0.25) is 9.98 Å². The summed E-state index contributed by atoms with van der Waals surface area (Å²) in [6, 6.07) is 48.5. The Hall–Kier alpha value is -5.58. The number of benzene rings is 6. The van der Waals surface area contributed by atoms with Crippen molar-refractivity contribution in [2.75, 3.05) is 0 Å². The second-order valence-electron chi connectivity index (χ2n) is 21.5. The average molecular weight is 975 g/mol. The highest BCUT2D eigenvalue weighted by Gasteiger charge is 2.48. The van der Waals surface area contributed by atoms with E-state index in [4.69, 9.17) is 19.8 Å². The Balaban J connectivity index is 0.793. The van der Waals surface area contributed by atoms with Crippen LogP contribution in [0.25, 0.3) is 0 Å². The summed E-state index contributed by atoms with van der Waals surface area (Å²) in [5.41, 5.74) is 16.4. The maximum absolute atomic E-state index is 6.30. The summed E-state index contributed by atoms with van der Waals surface area (Å²) in [6.07, 6.45) is 38.9. The maximum Gasteiger partial charge on any atom is 0.169 e. The van der Waals surface area contributed by atoms with Crippen LogP contribution in [0.3, 0.4) is 0 Å². The monoisotopic (exact) mass is 975 g/mol. The van der Waals surface area contributed by atoms with Crippen LogP contribution in [0.1, 0.15) is 216 Å². The van der Waals surface area contributed by atoms with Crippen molar-refractivity contribution in [2.24, 2.45) is 9.98 Å². The van der Waals surface area contributed by atoms with Crippen LogP contribution in [0.15, 0.2) is 143 Å². The van der Waals surface area contributed by atoms with E-state index in [0.29, 0.717) is 6.61 Å². The van der Waals surface area contributed by atoms with Crippen molar-refractivity contribution >= 4 is 23.8 Å². The molecule has 0 aliphatic heterocycles. The largest absolute Gasteiger partial charge is 0.337 e. The minimum absolute atomic E-state index is 0.0788. The van der Waals surface area contributed by atoms with Gasteiger partial charge in [0.1, 0.15) is 6.61 Å². The smallest absolute Gasteiger partial charge is 0.169 e. The van der Waals surface area contributed by atoms with Gasteiger partial charge >= 0.3 is 0 Å². The van der Waals surface area contributed by atoms with Crippen molar-refractivity contribution in [3.8, 4) is 5.75 Å². The standard InChI is InChI=1S/C69H86N2O2/c1-3-5-7-9-11-13-15-17-19-21-25-55-39-43-64(44-40-55)70-52-58-33-31-57(32-34-58)51-63-29-23-27-61-47-49-69(67(61)63)50-48-62-28-24-30-66(68(62)69)73-72-54-60-37-35-59(36-38-60)53-71-65-45-41-56(42-46-65)26-22-20-18-16-14-12-10-8-6-4-2/h23-24,27-46,52-53H,3-22,25-26,47-51,54H2,1-2H3. The van der Waals surface area contributed by atoms with Crippen LogP contribution in [-0.4, -0.2) is 12.4 Å². The molecule has 0 fully saturated rings. The van der Waals surface area contributed by atoms with E-state index >= 15 is 0 Å². The number of aryl methyl sites for hydroxylation is 4. The number of unbranched alkanes of at least 4 members (excludes halogenated alkanes) is 18. The number of fused-ring (bicyclic) bond motifs is 4. The highest BCUT2D eigenvalue weighted by molar-refractivity contribution is 5.82. The van der Waals surface area contributed by atoms with Crippen LogP contribution in [0, 0.1) is 0 Å². The van der Waals surface area contributed by atoms with E-state index in [9.17, 15) is 0 Å². The first-order chi connectivity index (χ1) is 36.1. The Morgan fingerprint density at radius 3 is 1.34 bits per heavy atom. The molecule has 0 aromatic heterocycles. The minimum Gasteiger partial charge on any atom is -0.337 e. The summed E-state index contributed by atoms with van der Waals surface area (Å²) < 4.78 is 0. The molecular formula is C69H86N2O2. The highest BCUT2D eigenvalue weighted by Crippen LogP contribution is 2.56. The van der Waals surface area contributed by atoms with Crippen LogP contribution in [0.4, 0.5) is 11.4 Å². The maximum atomic E-state index is 6.30. The van der Waals surface area contributed by atoms with E-state index in [1.54, 1.807) is 0 Å². The highest BCUT2D eigenvalue weighted by atomic mass is 17.2. The molecule has 0 amide bonds. The van der Waals surface area contributed by atoms with Gasteiger partial charge in [-0.15, -0.1) is 0 Å². The number of aliphatic imine (C=N–C) groups is 2. The number of hydrogen-bond acceptors (Lipinski definition) is 4. The normalized spacial score (nSPS) is 15.0.